The Bertz CT molecular complexity index is 538. The van der Waals surface area contributed by atoms with E-state index in [1.807, 2.05) is 0 Å². The maximum Gasteiger partial charge on any atom is 0.302 e. The Morgan fingerprint density at radius 2 is 1.67 bits per heavy atom. The maximum absolute atomic E-state index is 10.6. The molecule has 0 aliphatic heterocycles. The minimum Gasteiger partial charge on any atom is -0.466 e. The third kappa shape index (κ3) is 13.5. The summed E-state index contributed by atoms with van der Waals surface area (Å²) in [5, 5.41) is 0.772. The van der Waals surface area contributed by atoms with Crippen molar-refractivity contribution in [3.05, 3.63) is 12.2 Å². The number of hydrogen-bond acceptors (Lipinski definition) is 6. The van der Waals surface area contributed by atoms with Crippen molar-refractivity contribution in [3.8, 4) is 0 Å². The molecule has 1 fully saturated rings. The first-order valence-electron chi connectivity index (χ1n) is 7.44. The van der Waals surface area contributed by atoms with Crippen molar-refractivity contribution in [2.24, 2.45) is 5.41 Å². The number of hydrogen-bond donors (Lipinski definition) is 1. The molecular weight excluding hydrogens is 404 g/mol. The van der Waals surface area contributed by atoms with Crippen LogP contribution < -0.4 is 0 Å². The highest BCUT2D eigenvalue weighted by Crippen LogP contribution is 2.49. The lowest BCUT2D eigenvalue weighted by molar-refractivity contribution is -0.142. The molecule has 0 aromatic carbocycles. The molecule has 0 heterocycles. The van der Waals surface area contributed by atoms with Crippen molar-refractivity contribution < 1.29 is 32.0 Å². The first-order valence-corrected chi connectivity index (χ1v) is 10.2. The zero-order valence-corrected chi connectivity index (χ0v) is 16.4. The molecule has 0 spiro atoms. The van der Waals surface area contributed by atoms with Crippen LogP contribution in [0.15, 0.2) is 12.2 Å². The molecule has 1 rings (SSSR count). The van der Waals surface area contributed by atoms with E-state index in [0.717, 1.165) is 30.2 Å². The van der Waals surface area contributed by atoms with E-state index in [-0.39, 0.29) is 29.7 Å². The summed E-state index contributed by atoms with van der Waals surface area (Å²) in [6.45, 7) is 7.11. The molecular formula is C15H25BrO7S. The first-order chi connectivity index (χ1) is 11.0. The van der Waals surface area contributed by atoms with Crippen LogP contribution >= 0.6 is 15.9 Å². The topological polar surface area (TPSA) is 107 Å². The highest BCUT2D eigenvalue weighted by atomic mass is 79.9. The summed E-state index contributed by atoms with van der Waals surface area (Å²) in [6, 6.07) is 0. The Morgan fingerprint density at radius 3 is 2.04 bits per heavy atom. The summed E-state index contributed by atoms with van der Waals surface area (Å²) in [5.74, 6) is -0.823. The summed E-state index contributed by atoms with van der Waals surface area (Å²) >= 11 is 3.24. The number of halogens is 1. The van der Waals surface area contributed by atoms with Crippen molar-refractivity contribution in [3.63, 3.8) is 0 Å². The van der Waals surface area contributed by atoms with Gasteiger partial charge in [-0.3, -0.25) is 14.1 Å². The van der Waals surface area contributed by atoms with E-state index in [4.69, 9.17) is 14.0 Å². The van der Waals surface area contributed by atoms with E-state index < -0.39 is 10.1 Å². The second-order valence-electron chi connectivity index (χ2n) is 5.79. The second-order valence-corrected chi connectivity index (χ2v) is 7.80. The minimum atomic E-state index is -3.91. The molecule has 0 aromatic heterocycles. The van der Waals surface area contributed by atoms with E-state index in [2.05, 4.69) is 22.5 Å². The summed E-state index contributed by atoms with van der Waals surface area (Å²) in [5.41, 5.74) is 0.699. The largest absolute Gasteiger partial charge is 0.466 e. The predicted molar refractivity (Wildman–Crippen MR) is 93.5 cm³/mol. The fraction of sp³-hybridized carbons (Fsp3) is 0.733. The molecule has 0 saturated heterocycles. The summed E-state index contributed by atoms with van der Waals surface area (Å²) in [6.07, 6.45) is 2.79. The molecule has 0 aromatic rings. The van der Waals surface area contributed by atoms with Gasteiger partial charge in [0.1, 0.15) is 0 Å². The summed E-state index contributed by atoms with van der Waals surface area (Å²) in [4.78, 5) is 20.7. The molecule has 7 nitrogen and oxygen atoms in total. The molecule has 24 heavy (non-hydrogen) atoms. The van der Waals surface area contributed by atoms with Gasteiger partial charge in [-0.1, -0.05) is 28.1 Å². The lowest BCUT2D eigenvalue weighted by Crippen LogP contribution is -2.18. The molecule has 0 amide bonds. The van der Waals surface area contributed by atoms with Crippen molar-refractivity contribution in [2.75, 3.05) is 24.3 Å². The fourth-order valence-electron chi connectivity index (χ4n) is 1.85. The smallest absolute Gasteiger partial charge is 0.302 e. The average molecular weight is 429 g/mol. The Labute approximate surface area is 151 Å². The van der Waals surface area contributed by atoms with E-state index in [1.54, 1.807) is 0 Å². The van der Waals surface area contributed by atoms with Gasteiger partial charge >= 0.3 is 11.9 Å². The van der Waals surface area contributed by atoms with Crippen molar-refractivity contribution in [1.82, 2.24) is 0 Å². The van der Waals surface area contributed by atoms with E-state index in [9.17, 15) is 18.0 Å². The van der Waals surface area contributed by atoms with Crippen molar-refractivity contribution in [1.29, 1.82) is 0 Å². The Balaban J connectivity index is 0.000000470. The number of carbonyl (C=O) groups is 2. The Kier molecular flexibility index (Phi) is 10.4. The third-order valence-corrected chi connectivity index (χ3v) is 5.10. The standard InChI is InChI=1S/C8H14O5S.C7H11BrO2/c1-7(9)13-5-4-8(2-3-8)6-14(10,11)12;1-6(5-8)3-4-10-7(2)9/h2-6H2,1H3,(H,10,11,12);1,3-5H2,2H3. The maximum atomic E-state index is 10.6. The van der Waals surface area contributed by atoms with Crippen LogP contribution in [0.3, 0.4) is 0 Å². The number of ether oxygens (including phenoxy) is 2. The van der Waals surface area contributed by atoms with Crippen LogP contribution in [0.1, 0.15) is 39.5 Å². The second kappa shape index (κ2) is 10.8. The predicted octanol–water partition coefficient (Wildman–Crippen LogP) is 2.50. The van der Waals surface area contributed by atoms with Gasteiger partial charge in [-0.25, -0.2) is 0 Å². The molecule has 9 heteroatoms. The van der Waals surface area contributed by atoms with Gasteiger partial charge in [0.25, 0.3) is 10.1 Å². The van der Waals surface area contributed by atoms with Crippen LogP contribution in [0.5, 0.6) is 0 Å². The van der Waals surface area contributed by atoms with Crippen LogP contribution in [0.25, 0.3) is 0 Å². The highest BCUT2D eigenvalue weighted by Gasteiger charge is 2.45. The van der Waals surface area contributed by atoms with Gasteiger partial charge in [-0.05, 0) is 24.7 Å². The molecule has 0 bridgehead atoms. The van der Waals surface area contributed by atoms with Crippen molar-refractivity contribution >= 4 is 38.0 Å². The Morgan fingerprint density at radius 1 is 1.17 bits per heavy atom. The molecule has 140 valence electrons. The average Bonchev–Trinajstić information content (AvgIpc) is 3.15. The van der Waals surface area contributed by atoms with Gasteiger partial charge in [0, 0.05) is 25.6 Å². The summed E-state index contributed by atoms with van der Waals surface area (Å²) < 4.78 is 39.3. The number of alkyl halides is 1. The molecule has 0 atom stereocenters. The van der Waals surface area contributed by atoms with E-state index in [1.165, 1.54) is 13.8 Å². The number of rotatable bonds is 9. The SMILES string of the molecule is C=C(CBr)CCOC(C)=O.CC(=O)OCCC1(CS(=O)(=O)O)CC1. The van der Waals surface area contributed by atoms with Gasteiger partial charge in [0.05, 0.1) is 19.0 Å². The number of esters is 2. The van der Waals surface area contributed by atoms with Crippen LogP contribution in [-0.2, 0) is 29.2 Å². The lowest BCUT2D eigenvalue weighted by atomic mass is 10.1. The highest BCUT2D eigenvalue weighted by molar-refractivity contribution is 9.09. The Hall–Kier alpha value is -0.930. The first kappa shape index (κ1) is 23.1. The zero-order valence-electron chi connectivity index (χ0n) is 14.0. The third-order valence-electron chi connectivity index (χ3n) is 3.33. The molecule has 1 aliphatic carbocycles. The van der Waals surface area contributed by atoms with E-state index >= 15 is 0 Å². The van der Waals surface area contributed by atoms with Gasteiger partial charge in [0.15, 0.2) is 0 Å². The molecule has 0 unspecified atom stereocenters. The number of carbonyl (C=O) groups excluding carboxylic acids is 2. The fourth-order valence-corrected chi connectivity index (χ4v) is 3.33. The van der Waals surface area contributed by atoms with Crippen LogP contribution in [-0.4, -0.2) is 49.2 Å². The van der Waals surface area contributed by atoms with Crippen LogP contribution in [0, 0.1) is 5.41 Å². The zero-order chi connectivity index (χ0) is 18.8. The molecule has 1 saturated carbocycles. The molecule has 1 aliphatic rings. The monoisotopic (exact) mass is 428 g/mol. The quantitative estimate of drug-likeness (QED) is 0.260. The molecule has 0 radical (unpaired) electrons. The van der Waals surface area contributed by atoms with Gasteiger partial charge < -0.3 is 9.47 Å². The summed E-state index contributed by atoms with van der Waals surface area (Å²) in [7, 11) is -3.91. The van der Waals surface area contributed by atoms with Crippen LogP contribution in [0.4, 0.5) is 0 Å². The minimum absolute atomic E-state index is 0.221. The van der Waals surface area contributed by atoms with E-state index in [0.29, 0.717) is 13.0 Å². The van der Waals surface area contributed by atoms with Gasteiger partial charge in [-0.2, -0.15) is 8.42 Å². The van der Waals surface area contributed by atoms with Gasteiger partial charge in [0.2, 0.25) is 0 Å². The van der Waals surface area contributed by atoms with Gasteiger partial charge in [-0.15, -0.1) is 0 Å². The van der Waals surface area contributed by atoms with Crippen LogP contribution in [0.2, 0.25) is 0 Å². The normalized spacial score (nSPS) is 14.8. The molecule has 1 N–H and O–H groups in total. The lowest BCUT2D eigenvalue weighted by Gasteiger charge is -2.12. The van der Waals surface area contributed by atoms with Crippen molar-refractivity contribution in [2.45, 2.75) is 39.5 Å².